The van der Waals surface area contributed by atoms with Crippen LogP contribution in [0.1, 0.15) is 5.69 Å². The Hall–Kier alpha value is -1.16. The second-order valence-corrected chi connectivity index (χ2v) is 6.01. The van der Waals surface area contributed by atoms with Crippen molar-refractivity contribution in [1.82, 2.24) is 9.38 Å². The van der Waals surface area contributed by atoms with E-state index in [0.717, 1.165) is 22.1 Å². The van der Waals surface area contributed by atoms with E-state index in [-0.39, 0.29) is 0 Å². The summed E-state index contributed by atoms with van der Waals surface area (Å²) in [6.45, 7) is 0. The van der Waals surface area contributed by atoms with E-state index in [1.54, 1.807) is 11.8 Å². The zero-order valence-electron chi connectivity index (χ0n) is 9.88. The number of benzene rings is 1. The van der Waals surface area contributed by atoms with Crippen LogP contribution in [0.25, 0.3) is 5.65 Å². The van der Waals surface area contributed by atoms with Gasteiger partial charge in [-0.3, -0.25) is 0 Å². The number of thioether (sulfide) groups is 1. The van der Waals surface area contributed by atoms with E-state index in [1.807, 2.05) is 53.2 Å². The lowest BCUT2D eigenvalue weighted by Crippen LogP contribution is -1.79. The Balaban J connectivity index is 1.76. The van der Waals surface area contributed by atoms with Gasteiger partial charge in [0.05, 0.1) is 10.7 Å². The third-order valence-corrected chi connectivity index (χ3v) is 4.19. The van der Waals surface area contributed by atoms with Crippen molar-refractivity contribution >= 4 is 40.6 Å². The molecule has 1 aromatic carbocycles. The largest absolute Gasteiger partial charge is 0.305 e. The van der Waals surface area contributed by atoms with Crippen molar-refractivity contribution in [2.45, 2.75) is 10.6 Å². The van der Waals surface area contributed by atoms with E-state index in [9.17, 15) is 0 Å². The van der Waals surface area contributed by atoms with E-state index < -0.39 is 0 Å². The molecule has 2 aromatic heterocycles. The minimum atomic E-state index is 0.710. The minimum absolute atomic E-state index is 0.710. The summed E-state index contributed by atoms with van der Waals surface area (Å²) in [7, 11) is 0. The number of aromatic nitrogens is 2. The zero-order valence-corrected chi connectivity index (χ0v) is 12.2. The number of nitrogens with zero attached hydrogens (tertiary/aromatic N) is 2. The van der Waals surface area contributed by atoms with Gasteiger partial charge in [-0.2, -0.15) is 0 Å². The maximum Gasteiger partial charge on any atom is 0.137 e. The molecule has 0 saturated heterocycles. The number of hydrogen-bond acceptors (Lipinski definition) is 2. The normalized spacial score (nSPS) is 11.1. The average molecular weight is 309 g/mol. The Kier molecular flexibility index (Phi) is 3.69. The Bertz CT molecular complexity index is 707. The summed E-state index contributed by atoms with van der Waals surface area (Å²) in [6.07, 6.45) is 3.87. The molecule has 96 valence electrons. The molecule has 3 aromatic rings. The zero-order chi connectivity index (χ0) is 13.2. The summed E-state index contributed by atoms with van der Waals surface area (Å²) in [5, 5.41) is 1.47. The van der Waals surface area contributed by atoms with Crippen molar-refractivity contribution in [2.24, 2.45) is 0 Å². The second kappa shape index (κ2) is 5.45. The van der Waals surface area contributed by atoms with Gasteiger partial charge < -0.3 is 4.40 Å². The molecule has 0 fully saturated rings. The highest BCUT2D eigenvalue weighted by Crippen LogP contribution is 2.24. The summed E-state index contributed by atoms with van der Waals surface area (Å²) in [5.74, 6) is 0.820. The highest BCUT2D eigenvalue weighted by atomic mass is 35.5. The van der Waals surface area contributed by atoms with E-state index in [1.165, 1.54) is 4.90 Å². The second-order valence-electron chi connectivity index (χ2n) is 4.09. The molecule has 0 saturated carbocycles. The van der Waals surface area contributed by atoms with Crippen LogP contribution >= 0.6 is 35.0 Å². The molecule has 0 aliphatic carbocycles. The first-order valence-electron chi connectivity index (χ1n) is 5.72. The molecule has 0 unspecified atom stereocenters. The molecule has 3 rings (SSSR count). The highest BCUT2D eigenvalue weighted by molar-refractivity contribution is 7.98. The lowest BCUT2D eigenvalue weighted by Gasteiger charge is -1.98. The molecule has 5 heteroatoms. The number of fused-ring (bicyclic) bond motifs is 1. The van der Waals surface area contributed by atoms with Crippen LogP contribution in [0.5, 0.6) is 0 Å². The van der Waals surface area contributed by atoms with Crippen molar-refractivity contribution in [1.29, 1.82) is 0 Å². The highest BCUT2D eigenvalue weighted by Gasteiger charge is 2.03. The fraction of sp³-hybridized carbons (Fsp3) is 0.0714. The monoisotopic (exact) mass is 308 g/mol. The molecule has 0 aliphatic rings. The molecule has 0 spiro atoms. The SMILES string of the molecule is Clc1ccc(SCc2cn3cc(Cl)ccc3n2)cc1. The molecule has 0 N–H and O–H groups in total. The van der Waals surface area contributed by atoms with Gasteiger partial charge in [0.2, 0.25) is 0 Å². The van der Waals surface area contributed by atoms with E-state index in [0.29, 0.717) is 5.02 Å². The van der Waals surface area contributed by atoms with Gasteiger partial charge in [0, 0.05) is 28.1 Å². The Morgan fingerprint density at radius 2 is 1.68 bits per heavy atom. The average Bonchev–Trinajstić information content (AvgIpc) is 2.80. The van der Waals surface area contributed by atoms with Crippen molar-refractivity contribution < 1.29 is 0 Å². The quantitative estimate of drug-likeness (QED) is 0.638. The third-order valence-electron chi connectivity index (χ3n) is 2.67. The third kappa shape index (κ3) is 3.06. The molecule has 19 heavy (non-hydrogen) atoms. The van der Waals surface area contributed by atoms with Gasteiger partial charge in [-0.25, -0.2) is 4.98 Å². The topological polar surface area (TPSA) is 17.3 Å². The van der Waals surface area contributed by atoms with Gasteiger partial charge in [0.15, 0.2) is 0 Å². The van der Waals surface area contributed by atoms with Crippen LogP contribution in [0.15, 0.2) is 53.7 Å². The molecule has 0 aliphatic heterocycles. The Morgan fingerprint density at radius 3 is 2.47 bits per heavy atom. The fourth-order valence-electron chi connectivity index (χ4n) is 1.77. The number of rotatable bonds is 3. The predicted octanol–water partition coefficient (Wildman–Crippen LogP) is 4.93. The first-order chi connectivity index (χ1) is 9.20. The van der Waals surface area contributed by atoms with E-state index >= 15 is 0 Å². The maximum absolute atomic E-state index is 5.95. The lowest BCUT2D eigenvalue weighted by atomic mass is 10.4. The van der Waals surface area contributed by atoms with Gasteiger partial charge in [-0.05, 0) is 36.4 Å². The van der Waals surface area contributed by atoms with Crippen molar-refractivity contribution in [3.8, 4) is 0 Å². The first kappa shape index (κ1) is 12.9. The number of halogens is 2. The molecular weight excluding hydrogens is 299 g/mol. The van der Waals surface area contributed by atoms with Crippen LogP contribution in [0.3, 0.4) is 0 Å². The van der Waals surface area contributed by atoms with E-state index in [2.05, 4.69) is 4.98 Å². The summed E-state index contributed by atoms with van der Waals surface area (Å²) >= 11 is 13.5. The van der Waals surface area contributed by atoms with Gasteiger partial charge in [-0.1, -0.05) is 23.2 Å². The van der Waals surface area contributed by atoms with Crippen molar-refractivity contribution in [3.05, 3.63) is 64.5 Å². The van der Waals surface area contributed by atoms with Crippen LogP contribution in [0, 0.1) is 0 Å². The van der Waals surface area contributed by atoms with Crippen molar-refractivity contribution in [3.63, 3.8) is 0 Å². The van der Waals surface area contributed by atoms with Gasteiger partial charge in [0.1, 0.15) is 5.65 Å². The lowest BCUT2D eigenvalue weighted by molar-refractivity contribution is 1.18. The number of pyridine rings is 1. The van der Waals surface area contributed by atoms with Crippen LogP contribution in [0.4, 0.5) is 0 Å². The molecule has 2 nitrogen and oxygen atoms in total. The summed E-state index contributed by atoms with van der Waals surface area (Å²) in [4.78, 5) is 5.72. The molecule has 0 radical (unpaired) electrons. The van der Waals surface area contributed by atoms with Crippen LogP contribution in [-0.2, 0) is 5.75 Å². The van der Waals surface area contributed by atoms with E-state index in [4.69, 9.17) is 23.2 Å². The van der Waals surface area contributed by atoms with Gasteiger partial charge >= 0.3 is 0 Å². The summed E-state index contributed by atoms with van der Waals surface area (Å²) in [6, 6.07) is 11.6. The standard InChI is InChI=1S/C14H10Cl2N2S/c15-10-1-4-13(5-2-10)19-9-12-8-18-7-11(16)3-6-14(18)17-12/h1-8H,9H2. The molecule has 0 bridgehead atoms. The Labute approximate surface area is 125 Å². The fourth-order valence-corrected chi connectivity index (χ4v) is 2.85. The molecule has 0 amide bonds. The number of imidazole rings is 1. The van der Waals surface area contributed by atoms with Gasteiger partial charge in [-0.15, -0.1) is 11.8 Å². The molecule has 0 atom stereocenters. The van der Waals surface area contributed by atoms with Crippen LogP contribution < -0.4 is 0 Å². The maximum atomic E-state index is 5.95. The Morgan fingerprint density at radius 1 is 0.947 bits per heavy atom. The van der Waals surface area contributed by atoms with Gasteiger partial charge in [0.25, 0.3) is 0 Å². The van der Waals surface area contributed by atoms with Crippen LogP contribution in [-0.4, -0.2) is 9.38 Å². The number of hydrogen-bond donors (Lipinski definition) is 0. The smallest absolute Gasteiger partial charge is 0.137 e. The van der Waals surface area contributed by atoms with Crippen LogP contribution in [0.2, 0.25) is 10.0 Å². The predicted molar refractivity (Wildman–Crippen MR) is 81.2 cm³/mol. The summed E-state index contributed by atoms with van der Waals surface area (Å²) < 4.78 is 1.94. The van der Waals surface area contributed by atoms with Crippen molar-refractivity contribution in [2.75, 3.05) is 0 Å². The molecular formula is C14H10Cl2N2S. The first-order valence-corrected chi connectivity index (χ1v) is 7.46. The summed E-state index contributed by atoms with van der Waals surface area (Å²) in [5.41, 5.74) is 1.94. The molecule has 2 heterocycles. The minimum Gasteiger partial charge on any atom is -0.305 e.